The zero-order chi connectivity index (χ0) is 19.7. The van der Waals surface area contributed by atoms with Gasteiger partial charge in [-0.2, -0.15) is 0 Å². The lowest BCUT2D eigenvalue weighted by Gasteiger charge is -2.04. The van der Waals surface area contributed by atoms with Gasteiger partial charge in [0.15, 0.2) is 0 Å². The lowest BCUT2D eigenvalue weighted by molar-refractivity contribution is -0.117. The summed E-state index contributed by atoms with van der Waals surface area (Å²) in [6, 6.07) is 13.7. The number of aryl methyl sites for hydroxylation is 2. The minimum Gasteiger partial charge on any atom is -0.481 e. The zero-order valence-electron chi connectivity index (χ0n) is 16.1. The molecule has 0 saturated carbocycles. The summed E-state index contributed by atoms with van der Waals surface area (Å²) in [5, 5.41) is 0.959. The average Bonchev–Trinajstić information content (AvgIpc) is 3.28. The van der Waals surface area contributed by atoms with Gasteiger partial charge in [0.2, 0.25) is 5.88 Å². The number of hydrogen-bond donors (Lipinski definition) is 0. The number of furan rings is 2. The van der Waals surface area contributed by atoms with Crippen molar-refractivity contribution < 1.29 is 18.4 Å². The number of ketones is 1. The molecule has 0 bridgehead atoms. The van der Waals surface area contributed by atoms with Gasteiger partial charge < -0.3 is 18.4 Å². The molecule has 0 aliphatic carbocycles. The maximum absolute atomic E-state index is 11.5. The highest BCUT2D eigenvalue weighted by Gasteiger charge is 2.19. The largest absolute Gasteiger partial charge is 0.481 e. The van der Waals surface area contributed by atoms with E-state index < -0.39 is 0 Å². The van der Waals surface area contributed by atoms with Crippen LogP contribution in [0.1, 0.15) is 24.9 Å². The quantitative estimate of drug-likeness (QED) is 0.439. The van der Waals surface area contributed by atoms with Gasteiger partial charge in [0.25, 0.3) is 0 Å². The fourth-order valence-electron chi connectivity index (χ4n) is 3.30. The summed E-state index contributed by atoms with van der Waals surface area (Å²) < 4.78 is 17.1. The van der Waals surface area contributed by atoms with E-state index >= 15 is 0 Å². The molecule has 3 aromatic heterocycles. The molecular weight excluding hydrogens is 354 g/mol. The van der Waals surface area contributed by atoms with Crippen molar-refractivity contribution in [2.24, 2.45) is 0 Å². The number of pyridine rings is 1. The average molecular weight is 375 g/mol. The van der Waals surface area contributed by atoms with Crippen LogP contribution in [-0.2, 0) is 11.2 Å². The molecule has 0 amide bonds. The molecule has 0 aliphatic heterocycles. The standard InChI is InChI=1S/C23H21NO4/c1-14(25)4-8-21-23(20-9-5-15(2)27-20)18-12-16(6-10-19(18)28-21)17-7-11-22(26-3)24-13-17/h5-7,9-13H,4,8H2,1-3H3. The Balaban J connectivity index is 1.85. The van der Waals surface area contributed by atoms with Crippen molar-refractivity contribution in [1.29, 1.82) is 0 Å². The molecule has 0 fully saturated rings. The third kappa shape index (κ3) is 3.43. The Bertz CT molecular complexity index is 1140. The van der Waals surface area contributed by atoms with Crippen molar-refractivity contribution in [3.8, 4) is 28.3 Å². The highest BCUT2D eigenvalue weighted by atomic mass is 16.5. The Labute approximate surface area is 163 Å². The van der Waals surface area contributed by atoms with Crippen LogP contribution in [0.25, 0.3) is 33.4 Å². The summed E-state index contributed by atoms with van der Waals surface area (Å²) in [4.78, 5) is 15.8. The number of aromatic nitrogens is 1. The molecule has 0 saturated heterocycles. The summed E-state index contributed by atoms with van der Waals surface area (Å²) in [7, 11) is 1.60. The van der Waals surface area contributed by atoms with E-state index in [1.807, 2.05) is 43.3 Å². The van der Waals surface area contributed by atoms with E-state index in [0.29, 0.717) is 18.7 Å². The lowest BCUT2D eigenvalue weighted by atomic mass is 10.0. The molecule has 0 spiro atoms. The molecule has 4 rings (SSSR count). The maximum atomic E-state index is 11.5. The first kappa shape index (κ1) is 18.0. The second kappa shape index (κ2) is 7.35. The van der Waals surface area contributed by atoms with Gasteiger partial charge in [0.05, 0.1) is 12.7 Å². The van der Waals surface area contributed by atoms with Crippen molar-refractivity contribution in [2.45, 2.75) is 26.7 Å². The molecular formula is C23H21NO4. The minimum atomic E-state index is 0.132. The van der Waals surface area contributed by atoms with Crippen molar-refractivity contribution in [3.05, 3.63) is 60.2 Å². The van der Waals surface area contributed by atoms with Crippen LogP contribution in [0, 0.1) is 6.92 Å². The lowest BCUT2D eigenvalue weighted by Crippen LogP contribution is -1.94. The fraction of sp³-hybridized carbons (Fsp3) is 0.217. The number of benzene rings is 1. The second-order valence-corrected chi connectivity index (χ2v) is 6.81. The summed E-state index contributed by atoms with van der Waals surface area (Å²) in [5.74, 6) is 3.06. The number of Topliss-reactive ketones (excluding diaryl/α,β-unsaturated/α-hetero) is 1. The van der Waals surface area contributed by atoms with E-state index in [4.69, 9.17) is 13.6 Å². The molecule has 1 aromatic carbocycles. The van der Waals surface area contributed by atoms with E-state index in [1.54, 1.807) is 20.2 Å². The molecule has 0 radical (unpaired) electrons. The molecule has 3 heterocycles. The van der Waals surface area contributed by atoms with Crippen LogP contribution in [0.3, 0.4) is 0 Å². The van der Waals surface area contributed by atoms with Gasteiger partial charge in [0.1, 0.15) is 28.6 Å². The van der Waals surface area contributed by atoms with E-state index in [-0.39, 0.29) is 5.78 Å². The van der Waals surface area contributed by atoms with Crippen LogP contribution in [0.15, 0.2) is 57.5 Å². The molecule has 28 heavy (non-hydrogen) atoms. The fourth-order valence-corrected chi connectivity index (χ4v) is 3.30. The molecule has 4 aromatic rings. The maximum Gasteiger partial charge on any atom is 0.212 e. The van der Waals surface area contributed by atoms with Crippen LogP contribution < -0.4 is 4.74 Å². The topological polar surface area (TPSA) is 65.5 Å². The minimum absolute atomic E-state index is 0.132. The van der Waals surface area contributed by atoms with Crippen LogP contribution in [0.2, 0.25) is 0 Å². The first-order valence-electron chi connectivity index (χ1n) is 9.17. The van der Waals surface area contributed by atoms with E-state index in [2.05, 4.69) is 11.1 Å². The highest BCUT2D eigenvalue weighted by molar-refractivity contribution is 5.97. The summed E-state index contributed by atoms with van der Waals surface area (Å²) >= 11 is 0. The second-order valence-electron chi connectivity index (χ2n) is 6.81. The predicted octanol–water partition coefficient (Wildman–Crippen LogP) is 5.59. The number of rotatable bonds is 6. The van der Waals surface area contributed by atoms with E-state index in [0.717, 1.165) is 44.9 Å². The number of carbonyl (C=O) groups is 1. The first-order chi connectivity index (χ1) is 13.5. The summed E-state index contributed by atoms with van der Waals surface area (Å²) in [6.45, 7) is 3.50. The van der Waals surface area contributed by atoms with Crippen LogP contribution >= 0.6 is 0 Å². The number of ether oxygens (including phenoxy) is 1. The molecule has 0 atom stereocenters. The first-order valence-corrected chi connectivity index (χ1v) is 9.17. The van der Waals surface area contributed by atoms with Crippen molar-refractivity contribution >= 4 is 16.8 Å². The number of fused-ring (bicyclic) bond motifs is 1. The summed E-state index contributed by atoms with van der Waals surface area (Å²) in [6.07, 6.45) is 2.76. The number of methoxy groups -OCH3 is 1. The molecule has 5 heteroatoms. The van der Waals surface area contributed by atoms with Gasteiger partial charge in [-0.15, -0.1) is 0 Å². The summed E-state index contributed by atoms with van der Waals surface area (Å²) in [5.41, 5.74) is 3.68. The van der Waals surface area contributed by atoms with Crippen LogP contribution in [0.4, 0.5) is 0 Å². The van der Waals surface area contributed by atoms with Crippen LogP contribution in [0.5, 0.6) is 5.88 Å². The molecule has 142 valence electrons. The highest BCUT2D eigenvalue weighted by Crippen LogP contribution is 2.38. The Kier molecular flexibility index (Phi) is 4.74. The Morgan fingerprint density at radius 2 is 1.89 bits per heavy atom. The molecule has 5 nitrogen and oxygen atoms in total. The van der Waals surface area contributed by atoms with Gasteiger partial charge >= 0.3 is 0 Å². The Morgan fingerprint density at radius 1 is 1.07 bits per heavy atom. The normalized spacial score (nSPS) is 11.1. The van der Waals surface area contributed by atoms with Crippen molar-refractivity contribution in [1.82, 2.24) is 4.98 Å². The van der Waals surface area contributed by atoms with E-state index in [1.165, 1.54) is 0 Å². The van der Waals surface area contributed by atoms with Crippen molar-refractivity contribution in [3.63, 3.8) is 0 Å². The van der Waals surface area contributed by atoms with Gasteiger partial charge in [-0.25, -0.2) is 4.98 Å². The monoisotopic (exact) mass is 375 g/mol. The Morgan fingerprint density at radius 3 is 2.54 bits per heavy atom. The molecule has 0 N–H and O–H groups in total. The van der Waals surface area contributed by atoms with Gasteiger partial charge in [0, 0.05) is 36.1 Å². The van der Waals surface area contributed by atoms with Crippen molar-refractivity contribution in [2.75, 3.05) is 7.11 Å². The Hall–Kier alpha value is -3.34. The number of carbonyl (C=O) groups excluding carboxylic acids is 1. The molecule has 0 aliphatic rings. The third-order valence-electron chi connectivity index (χ3n) is 4.73. The SMILES string of the molecule is COc1ccc(-c2ccc3oc(CCC(C)=O)c(-c4ccc(C)o4)c3c2)cn1. The van der Waals surface area contributed by atoms with Gasteiger partial charge in [-0.05, 0) is 49.7 Å². The smallest absolute Gasteiger partial charge is 0.212 e. The predicted molar refractivity (Wildman–Crippen MR) is 107 cm³/mol. The van der Waals surface area contributed by atoms with E-state index in [9.17, 15) is 4.79 Å². The third-order valence-corrected chi connectivity index (χ3v) is 4.73. The zero-order valence-corrected chi connectivity index (χ0v) is 16.1. The molecule has 0 unspecified atom stereocenters. The van der Waals surface area contributed by atoms with Gasteiger partial charge in [-0.3, -0.25) is 0 Å². The number of hydrogen-bond acceptors (Lipinski definition) is 5. The number of nitrogens with zero attached hydrogens (tertiary/aromatic N) is 1. The van der Waals surface area contributed by atoms with Gasteiger partial charge in [-0.1, -0.05) is 6.07 Å². The van der Waals surface area contributed by atoms with Crippen LogP contribution in [-0.4, -0.2) is 17.9 Å².